The monoisotopic (exact) mass is 366 g/mol. The number of carbonyl (C=O) groups is 2. The van der Waals surface area contributed by atoms with Gasteiger partial charge in [-0.1, -0.05) is 6.07 Å². The first-order valence-electron chi connectivity index (χ1n) is 7.16. The summed E-state index contributed by atoms with van der Waals surface area (Å²) < 4.78 is 25.0. The Hall–Kier alpha value is -2.68. The number of pyridine rings is 1. The van der Waals surface area contributed by atoms with Gasteiger partial charge >= 0.3 is 0 Å². The predicted octanol–water partition coefficient (Wildman–Crippen LogP) is 2.54. The van der Waals surface area contributed by atoms with Crippen molar-refractivity contribution in [1.29, 1.82) is 0 Å². The molecular formula is C16H16F2N4O2S. The van der Waals surface area contributed by atoms with E-state index in [1.807, 2.05) is 25.1 Å². The van der Waals surface area contributed by atoms with Crippen LogP contribution in [0.1, 0.15) is 20.7 Å². The molecule has 1 aromatic carbocycles. The molecular weight excluding hydrogens is 350 g/mol. The number of nitrogens with one attached hydrogen (secondary N) is 2. The van der Waals surface area contributed by atoms with E-state index in [0.717, 1.165) is 5.69 Å². The number of nitrogens with zero attached hydrogens (tertiary/aromatic N) is 2. The summed E-state index contributed by atoms with van der Waals surface area (Å²) >= 11 is 0.166. The Balaban J connectivity index is 2.05. The third-order valence-electron chi connectivity index (χ3n) is 3.13. The van der Waals surface area contributed by atoms with Crippen molar-refractivity contribution in [3.63, 3.8) is 0 Å². The summed E-state index contributed by atoms with van der Waals surface area (Å²) in [6.07, 6.45) is 1.31. The van der Waals surface area contributed by atoms with Crippen LogP contribution in [0.5, 0.6) is 0 Å². The van der Waals surface area contributed by atoms with Crippen molar-refractivity contribution in [3.8, 4) is 0 Å². The molecule has 0 saturated heterocycles. The van der Waals surface area contributed by atoms with Gasteiger partial charge in [0.2, 0.25) is 0 Å². The maximum Gasteiger partial charge on any atom is 0.290 e. The highest BCUT2D eigenvalue weighted by atomic mass is 32.2. The number of amides is 2. The molecule has 6 nitrogen and oxygen atoms in total. The van der Waals surface area contributed by atoms with Crippen molar-refractivity contribution < 1.29 is 18.4 Å². The molecule has 0 aliphatic rings. The fraction of sp³-hybridized carbons (Fsp3) is 0.188. The van der Waals surface area contributed by atoms with E-state index in [-0.39, 0.29) is 22.4 Å². The third kappa shape index (κ3) is 5.15. The Kier molecular flexibility index (Phi) is 6.29. The number of halogens is 2. The average Bonchev–Trinajstić information content (AvgIpc) is 2.59. The number of alkyl halides is 2. The Bertz CT molecular complexity index is 771. The van der Waals surface area contributed by atoms with Crippen LogP contribution in [0.2, 0.25) is 0 Å². The van der Waals surface area contributed by atoms with E-state index in [2.05, 4.69) is 15.8 Å². The third-order valence-corrected chi connectivity index (χ3v) is 3.86. The Morgan fingerprint density at radius 2 is 1.84 bits per heavy atom. The van der Waals surface area contributed by atoms with Crippen molar-refractivity contribution in [1.82, 2.24) is 15.8 Å². The van der Waals surface area contributed by atoms with E-state index in [9.17, 15) is 18.4 Å². The van der Waals surface area contributed by atoms with Gasteiger partial charge in [0.1, 0.15) is 5.03 Å². The lowest BCUT2D eigenvalue weighted by Crippen LogP contribution is -2.41. The van der Waals surface area contributed by atoms with Crippen molar-refractivity contribution in [2.75, 3.05) is 19.0 Å². The van der Waals surface area contributed by atoms with Gasteiger partial charge < -0.3 is 4.90 Å². The summed E-state index contributed by atoms with van der Waals surface area (Å²) in [6, 6.07) is 9.60. The maximum atomic E-state index is 12.5. The highest BCUT2D eigenvalue weighted by molar-refractivity contribution is 7.99. The van der Waals surface area contributed by atoms with Crippen LogP contribution in [0.3, 0.4) is 0 Å². The second-order valence-corrected chi connectivity index (χ2v) is 6.07. The number of carbonyl (C=O) groups excluding carboxylic acids is 2. The first-order valence-corrected chi connectivity index (χ1v) is 8.04. The molecule has 0 radical (unpaired) electrons. The number of hydrogen-bond donors (Lipinski definition) is 2. The number of hydrazine groups is 1. The molecule has 0 aliphatic heterocycles. The Labute approximate surface area is 147 Å². The van der Waals surface area contributed by atoms with Crippen LogP contribution in [0, 0.1) is 0 Å². The van der Waals surface area contributed by atoms with E-state index in [4.69, 9.17) is 0 Å². The first-order chi connectivity index (χ1) is 11.9. The van der Waals surface area contributed by atoms with Gasteiger partial charge in [-0.3, -0.25) is 20.4 Å². The summed E-state index contributed by atoms with van der Waals surface area (Å²) in [5.41, 5.74) is 5.59. The summed E-state index contributed by atoms with van der Waals surface area (Å²) in [5, 5.41) is -0.112. The number of rotatable bonds is 5. The number of aromatic nitrogens is 1. The summed E-state index contributed by atoms with van der Waals surface area (Å²) in [7, 11) is 3.67. The number of anilines is 1. The van der Waals surface area contributed by atoms with Crippen LogP contribution in [-0.2, 0) is 0 Å². The van der Waals surface area contributed by atoms with E-state index in [1.54, 1.807) is 18.2 Å². The minimum atomic E-state index is -2.70. The van der Waals surface area contributed by atoms with Crippen molar-refractivity contribution in [2.45, 2.75) is 10.8 Å². The average molecular weight is 366 g/mol. The second-order valence-electron chi connectivity index (χ2n) is 5.09. The van der Waals surface area contributed by atoms with E-state index in [0.29, 0.717) is 5.56 Å². The maximum absolute atomic E-state index is 12.5. The number of benzene rings is 1. The zero-order valence-corrected chi connectivity index (χ0v) is 14.3. The molecule has 0 fully saturated rings. The van der Waals surface area contributed by atoms with E-state index < -0.39 is 17.6 Å². The van der Waals surface area contributed by atoms with E-state index >= 15 is 0 Å². The molecule has 0 bridgehead atoms. The van der Waals surface area contributed by atoms with Crippen LogP contribution >= 0.6 is 11.8 Å². The van der Waals surface area contributed by atoms with Crippen molar-refractivity contribution >= 4 is 29.3 Å². The van der Waals surface area contributed by atoms with Gasteiger partial charge in [0.05, 0.1) is 5.56 Å². The summed E-state index contributed by atoms with van der Waals surface area (Å²) in [5.74, 6) is -3.96. The zero-order valence-electron chi connectivity index (χ0n) is 13.5. The summed E-state index contributed by atoms with van der Waals surface area (Å²) in [6.45, 7) is 0. The highest BCUT2D eigenvalue weighted by Crippen LogP contribution is 2.26. The lowest BCUT2D eigenvalue weighted by molar-refractivity contribution is 0.0844. The molecule has 1 aromatic heterocycles. The molecule has 132 valence electrons. The minimum absolute atomic E-state index is 0.0462. The topological polar surface area (TPSA) is 74.3 Å². The molecule has 0 aliphatic carbocycles. The molecule has 0 unspecified atom stereocenters. The van der Waals surface area contributed by atoms with Gasteiger partial charge in [-0.15, -0.1) is 0 Å². The standard InChI is InChI=1S/C16H16F2N4O2S/c1-22(2)11-6-3-5-10(9-11)13(23)20-21-14(24)12-7-4-8-19-15(12)25-16(17)18/h3-9,16H,1-2H3,(H,20,23)(H,21,24). The molecule has 25 heavy (non-hydrogen) atoms. The predicted molar refractivity (Wildman–Crippen MR) is 91.8 cm³/mol. The van der Waals surface area contributed by atoms with Crippen LogP contribution < -0.4 is 15.8 Å². The van der Waals surface area contributed by atoms with Crippen LogP contribution in [0.25, 0.3) is 0 Å². The fourth-order valence-corrected chi connectivity index (χ4v) is 2.50. The van der Waals surface area contributed by atoms with Gasteiger partial charge in [-0.2, -0.15) is 8.78 Å². The van der Waals surface area contributed by atoms with Gasteiger partial charge in [0, 0.05) is 31.5 Å². The van der Waals surface area contributed by atoms with E-state index in [1.165, 1.54) is 18.3 Å². The summed E-state index contributed by atoms with van der Waals surface area (Å²) in [4.78, 5) is 29.9. The zero-order chi connectivity index (χ0) is 18.4. The van der Waals surface area contributed by atoms with Crippen LogP contribution in [0.15, 0.2) is 47.6 Å². The SMILES string of the molecule is CN(C)c1cccc(C(=O)NNC(=O)c2cccnc2SC(F)F)c1. The molecule has 0 spiro atoms. The quantitative estimate of drug-likeness (QED) is 0.628. The number of thioether (sulfide) groups is 1. The molecule has 2 N–H and O–H groups in total. The van der Waals surface area contributed by atoms with Crippen LogP contribution in [-0.4, -0.2) is 36.7 Å². The molecule has 2 aromatic rings. The molecule has 2 rings (SSSR count). The van der Waals surface area contributed by atoms with Crippen LogP contribution in [0.4, 0.5) is 14.5 Å². The molecule has 0 saturated carbocycles. The smallest absolute Gasteiger partial charge is 0.290 e. The molecule has 2 amide bonds. The molecule has 0 atom stereocenters. The fourth-order valence-electron chi connectivity index (χ4n) is 1.92. The number of hydrogen-bond acceptors (Lipinski definition) is 5. The second kappa shape index (κ2) is 8.43. The van der Waals surface area contributed by atoms with Gasteiger partial charge in [-0.25, -0.2) is 4.98 Å². The molecule has 1 heterocycles. The lowest BCUT2D eigenvalue weighted by Gasteiger charge is -2.14. The Morgan fingerprint density at radius 3 is 2.52 bits per heavy atom. The van der Waals surface area contributed by atoms with Crippen molar-refractivity contribution in [2.24, 2.45) is 0 Å². The lowest BCUT2D eigenvalue weighted by atomic mass is 10.2. The first kappa shape index (κ1) is 18.7. The highest BCUT2D eigenvalue weighted by Gasteiger charge is 2.17. The van der Waals surface area contributed by atoms with Gasteiger partial charge in [0.15, 0.2) is 0 Å². The molecule has 9 heteroatoms. The Morgan fingerprint density at radius 1 is 1.12 bits per heavy atom. The minimum Gasteiger partial charge on any atom is -0.378 e. The van der Waals surface area contributed by atoms with Gasteiger partial charge in [0.25, 0.3) is 17.6 Å². The van der Waals surface area contributed by atoms with Gasteiger partial charge in [-0.05, 0) is 42.1 Å². The normalized spacial score (nSPS) is 10.4. The largest absolute Gasteiger partial charge is 0.378 e. The van der Waals surface area contributed by atoms with Crippen molar-refractivity contribution in [3.05, 3.63) is 53.7 Å².